The highest BCUT2D eigenvalue weighted by Gasteiger charge is 2.10. The highest BCUT2D eigenvalue weighted by atomic mass is 19.1. The quantitative estimate of drug-likeness (QED) is 0.869. The Bertz CT molecular complexity index is 610. The van der Waals surface area contributed by atoms with Crippen molar-refractivity contribution >= 4 is 11.4 Å². The van der Waals surface area contributed by atoms with E-state index < -0.39 is 11.6 Å². The number of nitriles is 1. The van der Waals surface area contributed by atoms with E-state index in [2.05, 4.69) is 5.32 Å². The smallest absolute Gasteiger partial charge is 0.149 e. The van der Waals surface area contributed by atoms with Crippen LogP contribution in [-0.2, 0) is 0 Å². The van der Waals surface area contributed by atoms with Crippen LogP contribution in [-0.4, -0.2) is 0 Å². The van der Waals surface area contributed by atoms with Crippen molar-refractivity contribution in [2.75, 3.05) is 5.32 Å². The molecule has 2 nitrogen and oxygen atoms in total. The van der Waals surface area contributed by atoms with Crippen molar-refractivity contribution in [3.8, 4) is 6.07 Å². The molecule has 0 spiro atoms. The van der Waals surface area contributed by atoms with Gasteiger partial charge in [0.2, 0.25) is 0 Å². The Morgan fingerprint density at radius 1 is 1.11 bits per heavy atom. The van der Waals surface area contributed by atoms with E-state index >= 15 is 0 Å². The normalized spacial score (nSPS) is 9.89. The average Bonchev–Trinajstić information content (AvgIpc) is 2.34. The molecule has 1 N–H and O–H groups in total. The Kier molecular flexibility index (Phi) is 3.24. The Morgan fingerprint density at radius 2 is 1.78 bits per heavy atom. The Balaban J connectivity index is 2.46. The van der Waals surface area contributed by atoms with Crippen molar-refractivity contribution in [3.63, 3.8) is 0 Å². The van der Waals surface area contributed by atoms with Gasteiger partial charge < -0.3 is 5.32 Å². The largest absolute Gasteiger partial charge is 0.350 e. The summed E-state index contributed by atoms with van der Waals surface area (Å²) in [6.07, 6.45) is 0. The van der Waals surface area contributed by atoms with Crippen molar-refractivity contribution in [3.05, 3.63) is 59.2 Å². The molecule has 0 aromatic heterocycles. The van der Waals surface area contributed by atoms with E-state index in [0.29, 0.717) is 11.3 Å². The predicted octanol–water partition coefficient (Wildman–Crippen LogP) is 3.89. The summed E-state index contributed by atoms with van der Waals surface area (Å²) in [5, 5.41) is 11.6. The topological polar surface area (TPSA) is 35.8 Å². The Hall–Kier alpha value is -2.41. The molecule has 0 saturated carbocycles. The van der Waals surface area contributed by atoms with E-state index in [1.807, 2.05) is 13.0 Å². The zero-order chi connectivity index (χ0) is 13.1. The number of halogens is 2. The number of rotatable bonds is 2. The molecule has 0 fully saturated rings. The van der Waals surface area contributed by atoms with Crippen molar-refractivity contribution in [1.82, 2.24) is 0 Å². The summed E-state index contributed by atoms with van der Waals surface area (Å²) in [5.41, 5.74) is 1.37. The number of anilines is 2. The molecule has 0 amide bonds. The standard InChI is InChI=1S/C14H10F2N2/c1-9-5-6-10(8-17)13(7-9)18-14-11(15)3-2-4-12(14)16/h2-7,18H,1H3. The fourth-order valence-electron chi connectivity index (χ4n) is 1.61. The molecule has 0 unspecified atom stereocenters. The number of nitrogens with zero attached hydrogens (tertiary/aromatic N) is 1. The molecule has 0 radical (unpaired) electrons. The van der Waals surface area contributed by atoms with E-state index in [4.69, 9.17) is 5.26 Å². The van der Waals surface area contributed by atoms with E-state index in [0.717, 1.165) is 17.7 Å². The summed E-state index contributed by atoms with van der Waals surface area (Å²) >= 11 is 0. The molecule has 4 heteroatoms. The van der Waals surface area contributed by atoms with Gasteiger partial charge in [0.25, 0.3) is 0 Å². The lowest BCUT2D eigenvalue weighted by Crippen LogP contribution is -1.99. The van der Waals surface area contributed by atoms with Crippen molar-refractivity contribution < 1.29 is 8.78 Å². The van der Waals surface area contributed by atoms with Crippen LogP contribution in [0.4, 0.5) is 20.2 Å². The van der Waals surface area contributed by atoms with Gasteiger partial charge in [-0.15, -0.1) is 0 Å². The van der Waals surface area contributed by atoms with Gasteiger partial charge in [0.1, 0.15) is 23.4 Å². The van der Waals surface area contributed by atoms with E-state index in [9.17, 15) is 8.78 Å². The van der Waals surface area contributed by atoms with Crippen LogP contribution in [0.5, 0.6) is 0 Å². The summed E-state index contributed by atoms with van der Waals surface area (Å²) in [5.74, 6) is -1.39. The van der Waals surface area contributed by atoms with Crippen LogP contribution >= 0.6 is 0 Å². The van der Waals surface area contributed by atoms with Gasteiger partial charge in [-0.2, -0.15) is 5.26 Å². The second-order valence-corrected chi connectivity index (χ2v) is 3.88. The molecule has 90 valence electrons. The zero-order valence-electron chi connectivity index (χ0n) is 9.67. The minimum atomic E-state index is -0.694. The number of hydrogen-bond donors (Lipinski definition) is 1. The van der Waals surface area contributed by atoms with Crippen molar-refractivity contribution in [1.29, 1.82) is 5.26 Å². The first-order valence-corrected chi connectivity index (χ1v) is 5.33. The number of benzene rings is 2. The van der Waals surface area contributed by atoms with Gasteiger partial charge in [0, 0.05) is 0 Å². The van der Waals surface area contributed by atoms with Crippen LogP contribution in [0.25, 0.3) is 0 Å². The van der Waals surface area contributed by atoms with Gasteiger partial charge in [0.05, 0.1) is 11.3 Å². The first-order chi connectivity index (χ1) is 8.61. The lowest BCUT2D eigenvalue weighted by atomic mass is 10.1. The zero-order valence-corrected chi connectivity index (χ0v) is 9.67. The molecule has 0 heterocycles. The molecular formula is C14H10F2N2. The van der Waals surface area contributed by atoms with Gasteiger partial charge in [-0.1, -0.05) is 12.1 Å². The maximum atomic E-state index is 13.5. The first kappa shape index (κ1) is 12.1. The number of nitrogens with one attached hydrogen (secondary N) is 1. The summed E-state index contributed by atoms with van der Waals surface area (Å²) in [6, 6.07) is 10.6. The predicted molar refractivity (Wildman–Crippen MR) is 65.5 cm³/mol. The summed E-state index contributed by atoms with van der Waals surface area (Å²) in [6.45, 7) is 1.84. The average molecular weight is 244 g/mol. The molecule has 2 aromatic rings. The van der Waals surface area contributed by atoms with Crippen LogP contribution in [0.3, 0.4) is 0 Å². The molecule has 2 rings (SSSR count). The molecule has 0 aliphatic carbocycles. The Labute approximate surface area is 103 Å². The first-order valence-electron chi connectivity index (χ1n) is 5.33. The third-order valence-corrected chi connectivity index (χ3v) is 2.52. The second-order valence-electron chi connectivity index (χ2n) is 3.88. The summed E-state index contributed by atoms with van der Waals surface area (Å²) < 4.78 is 27.0. The number of para-hydroxylation sites is 1. The fourth-order valence-corrected chi connectivity index (χ4v) is 1.61. The minimum Gasteiger partial charge on any atom is -0.350 e. The van der Waals surface area contributed by atoms with Crippen LogP contribution in [0.15, 0.2) is 36.4 Å². The van der Waals surface area contributed by atoms with E-state index in [1.54, 1.807) is 18.2 Å². The van der Waals surface area contributed by atoms with Gasteiger partial charge in [0.15, 0.2) is 0 Å². The van der Waals surface area contributed by atoms with Crippen LogP contribution in [0, 0.1) is 29.9 Å². The maximum absolute atomic E-state index is 13.5. The SMILES string of the molecule is Cc1ccc(C#N)c(Nc2c(F)cccc2F)c1. The molecular weight excluding hydrogens is 234 g/mol. The lowest BCUT2D eigenvalue weighted by molar-refractivity contribution is 0.591. The summed E-state index contributed by atoms with van der Waals surface area (Å²) in [7, 11) is 0. The lowest BCUT2D eigenvalue weighted by Gasteiger charge is -2.10. The molecule has 18 heavy (non-hydrogen) atoms. The van der Waals surface area contributed by atoms with Crippen molar-refractivity contribution in [2.24, 2.45) is 0 Å². The maximum Gasteiger partial charge on any atom is 0.149 e. The summed E-state index contributed by atoms with van der Waals surface area (Å²) in [4.78, 5) is 0. The highest BCUT2D eigenvalue weighted by molar-refractivity contribution is 5.67. The highest BCUT2D eigenvalue weighted by Crippen LogP contribution is 2.26. The molecule has 0 saturated heterocycles. The van der Waals surface area contributed by atoms with Gasteiger partial charge in [-0.05, 0) is 36.8 Å². The molecule has 0 atom stereocenters. The second kappa shape index (κ2) is 4.84. The van der Waals surface area contributed by atoms with Gasteiger partial charge in [-0.25, -0.2) is 8.78 Å². The van der Waals surface area contributed by atoms with Crippen LogP contribution < -0.4 is 5.32 Å². The molecule has 0 bridgehead atoms. The Morgan fingerprint density at radius 3 is 2.39 bits per heavy atom. The fraction of sp³-hybridized carbons (Fsp3) is 0.0714. The monoisotopic (exact) mass is 244 g/mol. The van der Waals surface area contributed by atoms with Gasteiger partial charge >= 0.3 is 0 Å². The molecule has 0 aliphatic heterocycles. The molecule has 0 aliphatic rings. The van der Waals surface area contributed by atoms with Crippen LogP contribution in [0.1, 0.15) is 11.1 Å². The van der Waals surface area contributed by atoms with Gasteiger partial charge in [-0.3, -0.25) is 0 Å². The van der Waals surface area contributed by atoms with Crippen molar-refractivity contribution in [2.45, 2.75) is 6.92 Å². The third-order valence-electron chi connectivity index (χ3n) is 2.52. The minimum absolute atomic E-state index is 0.250. The number of hydrogen-bond acceptors (Lipinski definition) is 2. The van der Waals surface area contributed by atoms with E-state index in [-0.39, 0.29) is 5.69 Å². The van der Waals surface area contributed by atoms with E-state index in [1.165, 1.54) is 6.07 Å². The molecule has 2 aromatic carbocycles. The van der Waals surface area contributed by atoms with Crippen LogP contribution in [0.2, 0.25) is 0 Å². The third kappa shape index (κ3) is 2.30. The number of aryl methyl sites for hydroxylation is 1.